The van der Waals surface area contributed by atoms with Gasteiger partial charge < -0.3 is 11.5 Å². The van der Waals surface area contributed by atoms with Crippen LogP contribution in [-0.2, 0) is 9.59 Å². The highest BCUT2D eigenvalue weighted by molar-refractivity contribution is 6.31. The van der Waals surface area contributed by atoms with E-state index >= 15 is 0 Å². The minimum absolute atomic E-state index is 0.0565. The van der Waals surface area contributed by atoms with Crippen LogP contribution in [0.1, 0.15) is 31.2 Å². The molecular weight excluding hydrogens is 252 g/mol. The van der Waals surface area contributed by atoms with Crippen molar-refractivity contribution in [3.05, 3.63) is 34.9 Å². The number of rotatable bonds is 6. The first-order chi connectivity index (χ1) is 8.47. The number of carbonyl (C=O) groups excluding carboxylic acids is 2. The van der Waals surface area contributed by atoms with E-state index in [2.05, 4.69) is 0 Å². The van der Waals surface area contributed by atoms with E-state index in [1.54, 1.807) is 6.07 Å². The van der Waals surface area contributed by atoms with Crippen molar-refractivity contribution in [3.8, 4) is 0 Å². The highest BCUT2D eigenvalue weighted by Crippen LogP contribution is 2.34. The molecule has 0 aromatic heterocycles. The quantitative estimate of drug-likeness (QED) is 0.824. The van der Waals surface area contributed by atoms with Gasteiger partial charge in [0, 0.05) is 11.4 Å². The Hall–Kier alpha value is -1.55. The third-order valence-electron chi connectivity index (χ3n) is 3.02. The average Bonchev–Trinajstić information content (AvgIpc) is 2.30. The van der Waals surface area contributed by atoms with E-state index in [9.17, 15) is 9.59 Å². The summed E-state index contributed by atoms with van der Waals surface area (Å²) in [5, 5.41) is 0.570. The summed E-state index contributed by atoms with van der Waals surface area (Å²) in [6.07, 6.45) is 0.601. The standard InChI is InChI=1S/C13H17ClN2O2/c1-2-8(9-5-3-4-6-11(9)14)10(13(16)18)7-12(15)17/h3-6,8,10H,2,7H2,1H3,(H2,15,17)(H2,16,18). The smallest absolute Gasteiger partial charge is 0.221 e. The molecule has 98 valence electrons. The van der Waals surface area contributed by atoms with Gasteiger partial charge in [-0.3, -0.25) is 9.59 Å². The number of nitrogens with two attached hydrogens (primary N) is 2. The Morgan fingerprint density at radius 1 is 1.28 bits per heavy atom. The molecule has 2 atom stereocenters. The molecule has 1 rings (SSSR count). The predicted molar refractivity (Wildman–Crippen MR) is 71.0 cm³/mol. The van der Waals surface area contributed by atoms with Crippen LogP contribution < -0.4 is 11.5 Å². The fraction of sp³-hybridized carbons (Fsp3) is 0.385. The molecule has 0 aliphatic heterocycles. The maximum atomic E-state index is 11.5. The summed E-state index contributed by atoms with van der Waals surface area (Å²) in [7, 11) is 0. The van der Waals surface area contributed by atoms with Crippen LogP contribution in [0.25, 0.3) is 0 Å². The normalized spacial score (nSPS) is 13.9. The van der Waals surface area contributed by atoms with Gasteiger partial charge in [-0.1, -0.05) is 36.7 Å². The lowest BCUT2D eigenvalue weighted by Crippen LogP contribution is -2.32. The molecule has 5 heteroatoms. The lowest BCUT2D eigenvalue weighted by atomic mass is 9.81. The lowest BCUT2D eigenvalue weighted by molar-refractivity contribution is -0.127. The summed E-state index contributed by atoms with van der Waals surface area (Å²) in [4.78, 5) is 22.5. The largest absolute Gasteiger partial charge is 0.370 e. The van der Waals surface area contributed by atoms with Crippen LogP contribution in [-0.4, -0.2) is 11.8 Å². The molecule has 18 heavy (non-hydrogen) atoms. The monoisotopic (exact) mass is 268 g/mol. The van der Waals surface area contributed by atoms with Crippen molar-refractivity contribution >= 4 is 23.4 Å². The van der Waals surface area contributed by atoms with Crippen LogP contribution >= 0.6 is 11.6 Å². The summed E-state index contributed by atoms with van der Waals surface area (Å²) >= 11 is 6.11. The van der Waals surface area contributed by atoms with Gasteiger partial charge in [0.25, 0.3) is 0 Å². The maximum Gasteiger partial charge on any atom is 0.221 e. The van der Waals surface area contributed by atoms with Gasteiger partial charge in [0.1, 0.15) is 0 Å². The second-order valence-corrected chi connectivity index (χ2v) is 4.62. The summed E-state index contributed by atoms with van der Waals surface area (Å²) in [5.74, 6) is -1.87. The van der Waals surface area contributed by atoms with Gasteiger partial charge in [-0.15, -0.1) is 0 Å². The van der Waals surface area contributed by atoms with E-state index < -0.39 is 17.7 Å². The van der Waals surface area contributed by atoms with Crippen molar-refractivity contribution in [2.75, 3.05) is 0 Å². The molecule has 0 bridgehead atoms. The Kier molecular flexibility index (Phi) is 5.16. The van der Waals surface area contributed by atoms with E-state index in [4.69, 9.17) is 23.1 Å². The van der Waals surface area contributed by atoms with E-state index in [1.165, 1.54) is 0 Å². The van der Waals surface area contributed by atoms with Crippen molar-refractivity contribution in [2.24, 2.45) is 17.4 Å². The molecule has 4 nitrogen and oxygen atoms in total. The Labute approximate surface area is 111 Å². The molecule has 1 aromatic carbocycles. The number of amides is 2. The summed E-state index contributed by atoms with van der Waals surface area (Å²) in [6.45, 7) is 1.92. The zero-order valence-electron chi connectivity index (χ0n) is 10.2. The Morgan fingerprint density at radius 2 is 1.89 bits per heavy atom. The molecule has 0 saturated carbocycles. The second-order valence-electron chi connectivity index (χ2n) is 4.22. The van der Waals surface area contributed by atoms with E-state index in [0.29, 0.717) is 11.4 Å². The first-order valence-corrected chi connectivity index (χ1v) is 6.17. The maximum absolute atomic E-state index is 11.5. The van der Waals surface area contributed by atoms with Crippen LogP contribution in [0.5, 0.6) is 0 Å². The first-order valence-electron chi connectivity index (χ1n) is 5.79. The zero-order chi connectivity index (χ0) is 13.7. The number of carbonyl (C=O) groups is 2. The third kappa shape index (κ3) is 3.47. The summed E-state index contributed by atoms with van der Waals surface area (Å²) in [5.41, 5.74) is 11.3. The van der Waals surface area contributed by atoms with Crippen molar-refractivity contribution in [1.29, 1.82) is 0 Å². The number of hydrogen-bond acceptors (Lipinski definition) is 2. The van der Waals surface area contributed by atoms with Gasteiger partial charge in [-0.2, -0.15) is 0 Å². The molecular formula is C13H17ClN2O2. The van der Waals surface area contributed by atoms with Crippen molar-refractivity contribution in [3.63, 3.8) is 0 Å². The minimum atomic E-state index is -0.618. The number of primary amides is 2. The predicted octanol–water partition coefficient (Wildman–Crippen LogP) is 1.81. The fourth-order valence-electron chi connectivity index (χ4n) is 2.15. The SMILES string of the molecule is CCC(c1ccccc1Cl)C(CC(N)=O)C(N)=O. The van der Waals surface area contributed by atoms with E-state index in [0.717, 1.165) is 5.56 Å². The van der Waals surface area contributed by atoms with Gasteiger partial charge in [-0.05, 0) is 24.0 Å². The van der Waals surface area contributed by atoms with E-state index in [-0.39, 0.29) is 12.3 Å². The number of hydrogen-bond donors (Lipinski definition) is 2. The van der Waals surface area contributed by atoms with Crippen LogP contribution in [0.2, 0.25) is 5.02 Å². The molecule has 0 spiro atoms. The lowest BCUT2D eigenvalue weighted by Gasteiger charge is -2.24. The average molecular weight is 269 g/mol. The molecule has 0 aliphatic rings. The van der Waals surface area contributed by atoms with Crippen LogP contribution in [0.15, 0.2) is 24.3 Å². The molecule has 1 aromatic rings. The van der Waals surface area contributed by atoms with Crippen molar-refractivity contribution in [1.82, 2.24) is 0 Å². The van der Waals surface area contributed by atoms with Crippen molar-refractivity contribution < 1.29 is 9.59 Å². The van der Waals surface area contributed by atoms with Gasteiger partial charge in [0.2, 0.25) is 11.8 Å². The molecule has 2 amide bonds. The Bertz CT molecular complexity index is 448. The van der Waals surface area contributed by atoms with Crippen LogP contribution in [0.4, 0.5) is 0 Å². The van der Waals surface area contributed by atoms with Gasteiger partial charge in [-0.25, -0.2) is 0 Å². The first kappa shape index (κ1) is 14.5. The van der Waals surface area contributed by atoms with Gasteiger partial charge in [0.15, 0.2) is 0 Å². The topological polar surface area (TPSA) is 86.2 Å². The molecule has 0 heterocycles. The van der Waals surface area contributed by atoms with E-state index in [1.807, 2.05) is 25.1 Å². The number of benzene rings is 1. The zero-order valence-corrected chi connectivity index (χ0v) is 11.0. The molecule has 0 saturated heterocycles. The summed E-state index contributed by atoms with van der Waals surface area (Å²) < 4.78 is 0. The minimum Gasteiger partial charge on any atom is -0.370 e. The highest BCUT2D eigenvalue weighted by Gasteiger charge is 2.29. The molecule has 0 fully saturated rings. The number of halogens is 1. The van der Waals surface area contributed by atoms with Crippen LogP contribution in [0.3, 0.4) is 0 Å². The summed E-state index contributed by atoms with van der Waals surface area (Å²) in [6, 6.07) is 7.24. The second kappa shape index (κ2) is 6.40. The molecule has 0 aliphatic carbocycles. The highest BCUT2D eigenvalue weighted by atomic mass is 35.5. The Morgan fingerprint density at radius 3 is 2.33 bits per heavy atom. The fourth-order valence-corrected chi connectivity index (χ4v) is 2.43. The van der Waals surface area contributed by atoms with Crippen LogP contribution in [0, 0.1) is 5.92 Å². The molecule has 2 unspecified atom stereocenters. The van der Waals surface area contributed by atoms with Crippen molar-refractivity contribution in [2.45, 2.75) is 25.7 Å². The van der Waals surface area contributed by atoms with Gasteiger partial charge in [0.05, 0.1) is 5.92 Å². The molecule has 0 radical (unpaired) electrons. The van der Waals surface area contributed by atoms with Gasteiger partial charge >= 0.3 is 0 Å². The molecule has 4 N–H and O–H groups in total. The Balaban J connectivity index is 3.10. The third-order valence-corrected chi connectivity index (χ3v) is 3.36.